The first kappa shape index (κ1) is 19.6. The molecule has 1 aromatic carbocycles. The normalized spacial score (nSPS) is 11.5. The average Bonchev–Trinajstić information content (AvgIpc) is 2.35. The number of carboxylic acid groups (broad SMARTS) is 3. The Morgan fingerprint density at radius 1 is 1.00 bits per heavy atom. The molecule has 0 aliphatic carbocycles. The van der Waals surface area contributed by atoms with E-state index >= 15 is 0 Å². The van der Waals surface area contributed by atoms with E-state index in [1.54, 1.807) is 30.3 Å². The summed E-state index contributed by atoms with van der Waals surface area (Å²) in [6, 6.07) is 7.43. The molecule has 0 fully saturated rings. The summed E-state index contributed by atoms with van der Waals surface area (Å²) in [7, 11) is 0. The molecular formula is C13H16NNaO6. The fraction of sp³-hybridized carbons (Fsp3) is 0.308. The molecule has 0 amide bonds. The molecule has 1 aromatic rings. The van der Waals surface area contributed by atoms with E-state index in [0.717, 1.165) is 4.90 Å². The van der Waals surface area contributed by atoms with Crippen LogP contribution in [0.4, 0.5) is 0 Å². The van der Waals surface area contributed by atoms with E-state index in [9.17, 15) is 19.5 Å². The van der Waals surface area contributed by atoms with Gasteiger partial charge >= 0.3 is 47.5 Å². The number of hydrogen-bond donors (Lipinski definition) is 3. The van der Waals surface area contributed by atoms with Crippen LogP contribution in [0, 0.1) is 0 Å². The summed E-state index contributed by atoms with van der Waals surface area (Å²) in [5, 5.41) is 26.7. The van der Waals surface area contributed by atoms with E-state index in [0.29, 0.717) is 5.56 Å². The maximum absolute atomic E-state index is 11.3. The molecule has 0 aliphatic rings. The summed E-state index contributed by atoms with van der Waals surface area (Å²) in [4.78, 5) is 33.7. The molecule has 0 radical (unpaired) electrons. The summed E-state index contributed by atoms with van der Waals surface area (Å²) >= 11 is 0. The Morgan fingerprint density at radius 2 is 1.48 bits per heavy atom. The fourth-order valence-electron chi connectivity index (χ4n) is 1.83. The molecule has 110 valence electrons. The minimum Gasteiger partial charge on any atom is -1.00 e. The third-order valence-electron chi connectivity index (χ3n) is 2.67. The molecule has 1 rings (SSSR count). The van der Waals surface area contributed by atoms with Gasteiger partial charge in [0.25, 0.3) is 0 Å². The molecule has 0 spiro atoms. The van der Waals surface area contributed by atoms with Crippen molar-refractivity contribution in [2.45, 2.75) is 12.5 Å². The van der Waals surface area contributed by atoms with E-state index in [2.05, 4.69) is 0 Å². The Labute approximate surface area is 145 Å². The van der Waals surface area contributed by atoms with Gasteiger partial charge in [-0.3, -0.25) is 19.3 Å². The van der Waals surface area contributed by atoms with Crippen molar-refractivity contribution in [3.63, 3.8) is 0 Å². The van der Waals surface area contributed by atoms with Crippen LogP contribution >= 0.6 is 0 Å². The number of benzene rings is 1. The minimum absolute atomic E-state index is 0. The molecular weight excluding hydrogens is 289 g/mol. The Morgan fingerprint density at radius 3 is 1.86 bits per heavy atom. The number of nitrogens with zero attached hydrogens (tertiary/aromatic N) is 1. The predicted octanol–water partition coefficient (Wildman–Crippen LogP) is -2.73. The van der Waals surface area contributed by atoms with E-state index in [1.807, 2.05) is 0 Å². The van der Waals surface area contributed by atoms with Crippen molar-refractivity contribution in [1.82, 2.24) is 4.90 Å². The molecule has 3 N–H and O–H groups in total. The van der Waals surface area contributed by atoms with Crippen molar-refractivity contribution in [1.29, 1.82) is 0 Å². The predicted molar refractivity (Wildman–Crippen MR) is 69.5 cm³/mol. The second-order valence-electron chi connectivity index (χ2n) is 4.24. The van der Waals surface area contributed by atoms with Crippen molar-refractivity contribution in [2.24, 2.45) is 0 Å². The van der Waals surface area contributed by atoms with Gasteiger partial charge < -0.3 is 16.7 Å². The minimum atomic E-state index is -1.27. The Bertz CT molecular complexity index is 483. The molecule has 7 nitrogen and oxygen atoms in total. The van der Waals surface area contributed by atoms with Crippen LogP contribution in [0.1, 0.15) is 6.99 Å². The first-order valence-corrected chi connectivity index (χ1v) is 5.84. The first-order chi connectivity index (χ1) is 9.40. The van der Waals surface area contributed by atoms with Crippen molar-refractivity contribution < 1.29 is 60.7 Å². The van der Waals surface area contributed by atoms with Gasteiger partial charge in [-0.05, 0) is 12.0 Å². The molecule has 21 heavy (non-hydrogen) atoms. The summed E-state index contributed by atoms with van der Waals surface area (Å²) in [5.41, 5.74) is 0.695. The van der Waals surface area contributed by atoms with Crippen LogP contribution in [-0.2, 0) is 20.8 Å². The molecule has 1 atom stereocenters. The van der Waals surface area contributed by atoms with Crippen molar-refractivity contribution in [3.05, 3.63) is 35.9 Å². The maximum Gasteiger partial charge on any atom is 1.00 e. The molecule has 0 saturated heterocycles. The number of carboxylic acids is 3. The standard InChI is InChI=1S/C13H15NO6.Na.H/c15-11(16)7-14(8-12(17)18)10(13(19)20)6-9-4-2-1-3-5-9;;/h1-5,10H,6-8H2,(H,15,16)(H,17,18)(H,19,20);;/q;+1;-1. The topological polar surface area (TPSA) is 115 Å². The zero-order chi connectivity index (χ0) is 15.1. The van der Waals surface area contributed by atoms with Crippen LogP contribution in [0.15, 0.2) is 30.3 Å². The van der Waals surface area contributed by atoms with Crippen LogP contribution in [-0.4, -0.2) is 57.3 Å². The summed E-state index contributed by atoms with van der Waals surface area (Å²) in [5.74, 6) is -3.80. The molecule has 8 heteroatoms. The monoisotopic (exact) mass is 305 g/mol. The largest absolute Gasteiger partial charge is 1.00 e. The Kier molecular flexibility index (Phi) is 8.87. The van der Waals surface area contributed by atoms with Gasteiger partial charge in [-0.25, -0.2) is 0 Å². The fourth-order valence-corrected chi connectivity index (χ4v) is 1.83. The van der Waals surface area contributed by atoms with E-state index in [-0.39, 0.29) is 37.4 Å². The molecule has 0 aliphatic heterocycles. The van der Waals surface area contributed by atoms with Gasteiger partial charge in [0.05, 0.1) is 13.1 Å². The SMILES string of the molecule is O=C(O)CN(CC(=O)O)C(Cc1ccccc1)C(=O)O.[H-].[Na+]. The molecule has 0 aromatic heterocycles. The van der Waals surface area contributed by atoms with Crippen molar-refractivity contribution >= 4 is 17.9 Å². The van der Waals surface area contributed by atoms with Gasteiger partial charge in [-0.15, -0.1) is 0 Å². The van der Waals surface area contributed by atoms with Crippen LogP contribution < -0.4 is 29.6 Å². The van der Waals surface area contributed by atoms with Gasteiger partial charge in [0.2, 0.25) is 0 Å². The second kappa shape index (κ2) is 9.51. The molecule has 0 bridgehead atoms. The Balaban J connectivity index is 0. The van der Waals surface area contributed by atoms with Gasteiger partial charge in [0.15, 0.2) is 0 Å². The third kappa shape index (κ3) is 7.24. The third-order valence-corrected chi connectivity index (χ3v) is 2.67. The number of rotatable bonds is 8. The van der Waals surface area contributed by atoms with E-state index < -0.39 is 37.0 Å². The second-order valence-corrected chi connectivity index (χ2v) is 4.24. The maximum atomic E-state index is 11.3. The number of hydrogen-bond acceptors (Lipinski definition) is 4. The van der Waals surface area contributed by atoms with Crippen molar-refractivity contribution in [3.8, 4) is 0 Å². The Hall–Kier alpha value is -1.41. The zero-order valence-electron chi connectivity index (χ0n) is 12.6. The van der Waals surface area contributed by atoms with Gasteiger partial charge in [-0.2, -0.15) is 0 Å². The number of carbonyl (C=O) groups is 3. The summed E-state index contributed by atoms with van der Waals surface area (Å²) in [6.07, 6.45) is 0.0384. The smallest absolute Gasteiger partial charge is 1.00 e. The van der Waals surface area contributed by atoms with Crippen LogP contribution in [0.5, 0.6) is 0 Å². The van der Waals surface area contributed by atoms with Crippen LogP contribution in [0.25, 0.3) is 0 Å². The van der Waals surface area contributed by atoms with Gasteiger partial charge in [0, 0.05) is 0 Å². The molecule has 1 unspecified atom stereocenters. The summed E-state index contributed by atoms with van der Waals surface area (Å²) in [6.45, 7) is -1.29. The van der Waals surface area contributed by atoms with Gasteiger partial charge in [0.1, 0.15) is 6.04 Å². The number of aliphatic carboxylic acids is 3. The van der Waals surface area contributed by atoms with Gasteiger partial charge in [-0.1, -0.05) is 30.3 Å². The molecule has 0 heterocycles. The molecule has 0 saturated carbocycles. The van der Waals surface area contributed by atoms with Crippen molar-refractivity contribution in [2.75, 3.05) is 13.1 Å². The first-order valence-electron chi connectivity index (χ1n) is 5.84. The zero-order valence-corrected chi connectivity index (χ0v) is 13.6. The average molecular weight is 305 g/mol. The van der Waals surface area contributed by atoms with E-state index in [4.69, 9.17) is 10.2 Å². The van der Waals surface area contributed by atoms with Crippen LogP contribution in [0.2, 0.25) is 0 Å². The van der Waals surface area contributed by atoms with Crippen LogP contribution in [0.3, 0.4) is 0 Å². The summed E-state index contributed by atoms with van der Waals surface area (Å²) < 4.78 is 0. The quantitative estimate of drug-likeness (QED) is 0.447. The van der Waals surface area contributed by atoms with E-state index in [1.165, 1.54) is 0 Å².